The van der Waals surface area contributed by atoms with Gasteiger partial charge in [-0.15, -0.1) is 0 Å². The molecule has 1 aromatic heterocycles. The summed E-state index contributed by atoms with van der Waals surface area (Å²) in [4.78, 5) is 12.3. The average molecular weight is 312 g/mol. The molecule has 2 aromatic rings. The van der Waals surface area contributed by atoms with Crippen LogP contribution in [-0.4, -0.2) is 21.2 Å². The van der Waals surface area contributed by atoms with E-state index in [0.717, 1.165) is 37.8 Å². The van der Waals surface area contributed by atoms with Crippen molar-refractivity contribution in [2.24, 2.45) is 5.73 Å². The van der Waals surface area contributed by atoms with E-state index in [1.807, 2.05) is 29.1 Å². The van der Waals surface area contributed by atoms with Gasteiger partial charge in [0, 0.05) is 18.3 Å². The lowest BCUT2D eigenvalue weighted by Gasteiger charge is -2.31. The minimum atomic E-state index is -0.682. The molecule has 23 heavy (non-hydrogen) atoms. The van der Waals surface area contributed by atoms with Gasteiger partial charge in [0.15, 0.2) is 0 Å². The van der Waals surface area contributed by atoms with Gasteiger partial charge in [-0.2, -0.15) is 5.10 Å². The monoisotopic (exact) mass is 312 g/mol. The van der Waals surface area contributed by atoms with E-state index in [1.54, 1.807) is 6.20 Å². The van der Waals surface area contributed by atoms with E-state index in [1.165, 1.54) is 12.0 Å². The van der Waals surface area contributed by atoms with E-state index < -0.39 is 5.54 Å². The van der Waals surface area contributed by atoms with E-state index >= 15 is 0 Å². The van der Waals surface area contributed by atoms with Crippen molar-refractivity contribution in [1.29, 1.82) is 0 Å². The van der Waals surface area contributed by atoms with Crippen LogP contribution in [0.3, 0.4) is 0 Å². The van der Waals surface area contributed by atoms with Crippen LogP contribution in [0.25, 0.3) is 0 Å². The number of carbonyl (C=O) groups is 1. The van der Waals surface area contributed by atoms with Gasteiger partial charge in [-0.05, 0) is 18.4 Å². The Kier molecular flexibility index (Phi) is 4.76. The van der Waals surface area contributed by atoms with Gasteiger partial charge < -0.3 is 11.1 Å². The van der Waals surface area contributed by atoms with Crippen LogP contribution < -0.4 is 11.1 Å². The maximum atomic E-state index is 12.3. The fraction of sp³-hybridized carbons (Fsp3) is 0.444. The molecule has 1 aromatic carbocycles. The molecule has 0 spiro atoms. The first-order chi connectivity index (χ1) is 11.2. The molecule has 0 aliphatic heterocycles. The Hall–Kier alpha value is -2.14. The molecule has 3 N–H and O–H groups in total. The third kappa shape index (κ3) is 3.99. The highest BCUT2D eigenvalue weighted by atomic mass is 16.2. The minimum absolute atomic E-state index is 0.0343. The van der Waals surface area contributed by atoms with Gasteiger partial charge in [0.25, 0.3) is 0 Å². The van der Waals surface area contributed by atoms with Crippen molar-refractivity contribution in [2.75, 3.05) is 0 Å². The first-order valence-corrected chi connectivity index (χ1v) is 8.28. The van der Waals surface area contributed by atoms with Gasteiger partial charge in [0.2, 0.25) is 5.91 Å². The average Bonchev–Trinajstić information content (AvgIpc) is 3.01. The molecule has 1 saturated carbocycles. The Balaban J connectivity index is 1.54. The zero-order chi connectivity index (χ0) is 16.1. The Labute approximate surface area is 136 Å². The third-order valence-electron chi connectivity index (χ3n) is 4.53. The van der Waals surface area contributed by atoms with E-state index in [9.17, 15) is 4.79 Å². The van der Waals surface area contributed by atoms with Gasteiger partial charge in [-0.3, -0.25) is 9.48 Å². The van der Waals surface area contributed by atoms with Crippen molar-refractivity contribution >= 4 is 5.91 Å². The van der Waals surface area contributed by atoms with Crippen molar-refractivity contribution in [3.8, 4) is 0 Å². The number of aromatic nitrogens is 2. The second-order valence-electron chi connectivity index (χ2n) is 6.43. The normalized spacial score (nSPS) is 16.9. The third-order valence-corrected chi connectivity index (χ3v) is 4.53. The number of carbonyl (C=O) groups excluding carboxylic acids is 1. The summed E-state index contributed by atoms with van der Waals surface area (Å²) in [6, 6.07) is 10.2. The summed E-state index contributed by atoms with van der Waals surface area (Å²) in [5.74, 6) is -0.0343. The van der Waals surface area contributed by atoms with Crippen molar-refractivity contribution in [3.05, 3.63) is 53.9 Å². The molecule has 5 nitrogen and oxygen atoms in total. The summed E-state index contributed by atoms with van der Waals surface area (Å²) >= 11 is 0. The smallest absolute Gasteiger partial charge is 0.240 e. The molecule has 5 heteroatoms. The highest BCUT2D eigenvalue weighted by Crippen LogP contribution is 2.26. The molecule has 1 heterocycles. The molecular formula is C18H24N4O. The zero-order valence-corrected chi connectivity index (χ0v) is 13.4. The molecular weight excluding hydrogens is 288 g/mol. The largest absolute Gasteiger partial charge is 0.350 e. The first-order valence-electron chi connectivity index (χ1n) is 8.28. The number of hydrogen-bond donors (Lipinski definition) is 2. The predicted octanol–water partition coefficient (Wildman–Crippen LogP) is 2.21. The highest BCUT2D eigenvalue weighted by Gasteiger charge is 2.34. The van der Waals surface area contributed by atoms with Crippen molar-refractivity contribution in [3.63, 3.8) is 0 Å². The molecule has 0 saturated heterocycles. The predicted molar refractivity (Wildman–Crippen MR) is 89.6 cm³/mol. The van der Waals surface area contributed by atoms with Crippen LogP contribution in [0.4, 0.5) is 0 Å². The molecule has 1 fully saturated rings. The van der Waals surface area contributed by atoms with E-state index in [4.69, 9.17) is 5.73 Å². The molecule has 0 radical (unpaired) electrons. The highest BCUT2D eigenvalue weighted by molar-refractivity contribution is 5.86. The van der Waals surface area contributed by atoms with Crippen LogP contribution in [0, 0.1) is 0 Å². The van der Waals surface area contributed by atoms with Crippen molar-refractivity contribution in [1.82, 2.24) is 15.1 Å². The summed E-state index contributed by atoms with van der Waals surface area (Å²) in [5.41, 5.74) is 7.76. The molecule has 1 aliphatic rings. The van der Waals surface area contributed by atoms with Crippen LogP contribution in [0.2, 0.25) is 0 Å². The number of rotatable bonds is 5. The minimum Gasteiger partial charge on any atom is -0.350 e. The molecule has 1 aliphatic carbocycles. The van der Waals surface area contributed by atoms with Gasteiger partial charge in [0.1, 0.15) is 0 Å². The zero-order valence-electron chi connectivity index (χ0n) is 13.4. The van der Waals surface area contributed by atoms with Gasteiger partial charge >= 0.3 is 0 Å². The lowest BCUT2D eigenvalue weighted by Crippen LogP contribution is -2.54. The fourth-order valence-electron chi connectivity index (χ4n) is 3.12. The number of nitrogens with two attached hydrogens (primary N) is 1. The molecule has 0 atom stereocenters. The molecule has 122 valence electrons. The topological polar surface area (TPSA) is 72.9 Å². The Morgan fingerprint density at radius 1 is 1.17 bits per heavy atom. The second-order valence-corrected chi connectivity index (χ2v) is 6.43. The van der Waals surface area contributed by atoms with Crippen LogP contribution in [0.15, 0.2) is 42.7 Å². The van der Waals surface area contributed by atoms with Crippen LogP contribution in [0.1, 0.15) is 43.2 Å². The molecule has 0 unspecified atom stereocenters. The molecule has 0 bridgehead atoms. The lowest BCUT2D eigenvalue weighted by molar-refractivity contribution is -0.127. The first kappa shape index (κ1) is 15.7. The SMILES string of the molecule is NC1(C(=O)NCc2cnn(Cc3ccccc3)c2)CCCCC1. The lowest BCUT2D eigenvalue weighted by atomic mass is 9.82. The van der Waals surface area contributed by atoms with Crippen LogP contribution in [-0.2, 0) is 17.9 Å². The fourth-order valence-corrected chi connectivity index (χ4v) is 3.12. The van der Waals surface area contributed by atoms with Gasteiger partial charge in [-0.1, -0.05) is 49.6 Å². The van der Waals surface area contributed by atoms with E-state index in [2.05, 4.69) is 22.5 Å². The van der Waals surface area contributed by atoms with Gasteiger partial charge in [-0.25, -0.2) is 0 Å². The summed E-state index contributed by atoms with van der Waals surface area (Å²) < 4.78 is 1.88. The number of benzene rings is 1. The van der Waals surface area contributed by atoms with Gasteiger partial charge in [0.05, 0.1) is 18.3 Å². The summed E-state index contributed by atoms with van der Waals surface area (Å²) in [6.45, 7) is 1.21. The van der Waals surface area contributed by atoms with Crippen molar-refractivity contribution in [2.45, 2.75) is 50.7 Å². The quantitative estimate of drug-likeness (QED) is 0.889. The second kappa shape index (κ2) is 6.96. The Morgan fingerprint density at radius 3 is 2.65 bits per heavy atom. The number of amides is 1. The molecule has 1 amide bonds. The standard InChI is InChI=1S/C18H24N4O/c19-18(9-5-2-6-10-18)17(23)20-11-16-12-21-22(14-16)13-15-7-3-1-4-8-15/h1,3-4,7-8,12,14H,2,5-6,9-11,13,19H2,(H,20,23). The number of nitrogens with zero attached hydrogens (tertiary/aromatic N) is 2. The van der Waals surface area contributed by atoms with Crippen molar-refractivity contribution < 1.29 is 4.79 Å². The Morgan fingerprint density at radius 2 is 1.91 bits per heavy atom. The maximum Gasteiger partial charge on any atom is 0.240 e. The summed E-state index contributed by atoms with van der Waals surface area (Å²) in [6.07, 6.45) is 8.60. The number of nitrogens with one attached hydrogen (secondary N) is 1. The van der Waals surface area contributed by atoms with Crippen LogP contribution in [0.5, 0.6) is 0 Å². The van der Waals surface area contributed by atoms with E-state index in [-0.39, 0.29) is 5.91 Å². The van der Waals surface area contributed by atoms with Crippen LogP contribution >= 0.6 is 0 Å². The maximum absolute atomic E-state index is 12.3. The Bertz CT molecular complexity index is 644. The summed E-state index contributed by atoms with van der Waals surface area (Å²) in [7, 11) is 0. The molecule has 3 rings (SSSR count). The number of hydrogen-bond acceptors (Lipinski definition) is 3. The van der Waals surface area contributed by atoms with E-state index in [0.29, 0.717) is 6.54 Å². The summed E-state index contributed by atoms with van der Waals surface area (Å²) in [5, 5.41) is 7.32.